The Balaban J connectivity index is 0.00000289. The second-order valence-corrected chi connectivity index (χ2v) is 3.92. The molecule has 0 aromatic heterocycles. The Morgan fingerprint density at radius 3 is 2.72 bits per heavy atom. The molecule has 102 valence electrons. The minimum Gasteiger partial charge on any atom is -0.489 e. The van der Waals surface area contributed by atoms with Crippen molar-refractivity contribution in [2.75, 3.05) is 6.54 Å². The molecule has 0 saturated heterocycles. The number of benzene rings is 1. The molecule has 0 bridgehead atoms. The van der Waals surface area contributed by atoms with E-state index in [-0.39, 0.29) is 30.2 Å². The topological polar surface area (TPSA) is 64.4 Å². The number of hydrogen-bond donors (Lipinski definition) is 2. The van der Waals surface area contributed by atoms with Gasteiger partial charge in [-0.3, -0.25) is 4.79 Å². The molecule has 1 aromatic carbocycles. The van der Waals surface area contributed by atoms with Crippen LogP contribution in [0, 0.1) is 5.82 Å². The molecule has 1 unspecified atom stereocenters. The van der Waals surface area contributed by atoms with Gasteiger partial charge in [-0.1, -0.05) is 6.07 Å². The molecule has 3 N–H and O–H groups in total. The van der Waals surface area contributed by atoms with Gasteiger partial charge < -0.3 is 15.8 Å². The van der Waals surface area contributed by atoms with Crippen molar-refractivity contribution >= 4 is 18.3 Å². The molecule has 4 nitrogen and oxygen atoms in total. The summed E-state index contributed by atoms with van der Waals surface area (Å²) in [5, 5.41) is 2.63. The minimum absolute atomic E-state index is 0. The van der Waals surface area contributed by atoms with E-state index < -0.39 is 6.04 Å². The Morgan fingerprint density at radius 2 is 2.17 bits per heavy atom. The zero-order chi connectivity index (χ0) is 12.8. The molecule has 0 aliphatic rings. The summed E-state index contributed by atoms with van der Waals surface area (Å²) in [4.78, 5) is 11.2. The maximum absolute atomic E-state index is 12.9. The van der Waals surface area contributed by atoms with Crippen molar-refractivity contribution in [3.8, 4) is 5.75 Å². The first-order chi connectivity index (χ1) is 7.99. The Bertz CT molecular complexity index is 388. The number of rotatable bonds is 5. The lowest BCUT2D eigenvalue weighted by atomic mass is 10.3. The highest BCUT2D eigenvalue weighted by atomic mass is 35.5. The second kappa shape index (κ2) is 7.89. The van der Waals surface area contributed by atoms with E-state index >= 15 is 0 Å². The smallest absolute Gasteiger partial charge is 0.236 e. The van der Waals surface area contributed by atoms with Gasteiger partial charge in [0.1, 0.15) is 17.7 Å². The molecule has 0 spiro atoms. The lowest BCUT2D eigenvalue weighted by molar-refractivity contribution is -0.122. The van der Waals surface area contributed by atoms with E-state index in [4.69, 9.17) is 10.5 Å². The SMILES string of the molecule is CC(CNC(=O)[C@H](C)N)Oc1cccc(F)c1.Cl. The number of ether oxygens (including phenoxy) is 1. The molecule has 0 saturated carbocycles. The molecule has 1 amide bonds. The lowest BCUT2D eigenvalue weighted by Crippen LogP contribution is -2.42. The molecule has 2 atom stereocenters. The highest BCUT2D eigenvalue weighted by molar-refractivity contribution is 5.85. The predicted octanol–water partition coefficient (Wildman–Crippen LogP) is 1.48. The summed E-state index contributed by atoms with van der Waals surface area (Å²) < 4.78 is 18.3. The zero-order valence-electron chi connectivity index (χ0n) is 10.4. The molecule has 1 rings (SSSR count). The molecule has 6 heteroatoms. The first-order valence-electron chi connectivity index (χ1n) is 5.44. The number of carbonyl (C=O) groups excluding carboxylic acids is 1. The summed E-state index contributed by atoms with van der Waals surface area (Å²) in [7, 11) is 0. The van der Waals surface area contributed by atoms with Crippen LogP contribution >= 0.6 is 12.4 Å². The summed E-state index contributed by atoms with van der Waals surface area (Å²) in [6.45, 7) is 3.72. The van der Waals surface area contributed by atoms with Crippen molar-refractivity contribution in [3.63, 3.8) is 0 Å². The van der Waals surface area contributed by atoms with E-state index in [1.165, 1.54) is 12.1 Å². The van der Waals surface area contributed by atoms with Crippen LogP contribution in [0.15, 0.2) is 24.3 Å². The second-order valence-electron chi connectivity index (χ2n) is 3.92. The van der Waals surface area contributed by atoms with Crippen LogP contribution in [-0.2, 0) is 4.79 Å². The van der Waals surface area contributed by atoms with Gasteiger partial charge in [-0.05, 0) is 26.0 Å². The van der Waals surface area contributed by atoms with Crippen LogP contribution in [0.5, 0.6) is 5.75 Å². The first kappa shape index (κ1) is 16.7. The molecule has 18 heavy (non-hydrogen) atoms. The highest BCUT2D eigenvalue weighted by Gasteiger charge is 2.10. The summed E-state index contributed by atoms with van der Waals surface area (Å²) in [6.07, 6.45) is -0.250. The quantitative estimate of drug-likeness (QED) is 0.856. The molecule has 0 aliphatic carbocycles. The number of carbonyl (C=O) groups is 1. The van der Waals surface area contributed by atoms with Crippen molar-refractivity contribution in [2.24, 2.45) is 5.73 Å². The third-order valence-electron chi connectivity index (χ3n) is 2.11. The maximum Gasteiger partial charge on any atom is 0.236 e. The molecular weight excluding hydrogens is 259 g/mol. The Morgan fingerprint density at radius 1 is 1.50 bits per heavy atom. The zero-order valence-corrected chi connectivity index (χ0v) is 11.2. The van der Waals surface area contributed by atoms with Gasteiger partial charge >= 0.3 is 0 Å². The number of halogens is 2. The Labute approximate surface area is 112 Å². The third-order valence-corrected chi connectivity index (χ3v) is 2.11. The van der Waals surface area contributed by atoms with Gasteiger partial charge in [-0.15, -0.1) is 12.4 Å². The van der Waals surface area contributed by atoms with Crippen LogP contribution in [-0.4, -0.2) is 24.6 Å². The largest absolute Gasteiger partial charge is 0.489 e. The van der Waals surface area contributed by atoms with Crippen LogP contribution in [0.1, 0.15) is 13.8 Å². The molecular formula is C12H18ClFN2O2. The molecule has 0 heterocycles. The molecule has 1 aromatic rings. The monoisotopic (exact) mass is 276 g/mol. The number of nitrogens with two attached hydrogens (primary N) is 1. The van der Waals surface area contributed by atoms with Crippen molar-refractivity contribution < 1.29 is 13.9 Å². The fraction of sp³-hybridized carbons (Fsp3) is 0.417. The van der Waals surface area contributed by atoms with Gasteiger partial charge in [0.2, 0.25) is 5.91 Å². The van der Waals surface area contributed by atoms with Crippen LogP contribution in [0.3, 0.4) is 0 Å². The van der Waals surface area contributed by atoms with Gasteiger partial charge in [0.05, 0.1) is 12.6 Å². The molecule has 0 fully saturated rings. The van der Waals surface area contributed by atoms with Crippen LogP contribution in [0.4, 0.5) is 4.39 Å². The summed E-state index contributed by atoms with van der Waals surface area (Å²) in [5.41, 5.74) is 5.39. The van der Waals surface area contributed by atoms with Crippen LogP contribution < -0.4 is 15.8 Å². The molecule has 0 aliphatic heterocycles. The average molecular weight is 277 g/mol. The standard InChI is InChI=1S/C12H17FN2O2.ClH/c1-8(7-15-12(16)9(2)14)17-11-5-3-4-10(13)6-11;/h3-6,8-9H,7,14H2,1-2H3,(H,15,16);1H/t8?,9-;/m0./s1. The normalized spacial score (nSPS) is 13.1. The summed E-state index contributed by atoms with van der Waals surface area (Å²) in [5.74, 6) is -0.151. The van der Waals surface area contributed by atoms with E-state index in [2.05, 4.69) is 5.32 Å². The predicted molar refractivity (Wildman–Crippen MR) is 70.4 cm³/mol. The van der Waals surface area contributed by atoms with Crippen molar-refractivity contribution in [1.29, 1.82) is 0 Å². The van der Waals surface area contributed by atoms with E-state index in [0.717, 1.165) is 0 Å². The van der Waals surface area contributed by atoms with E-state index in [0.29, 0.717) is 12.3 Å². The van der Waals surface area contributed by atoms with E-state index in [9.17, 15) is 9.18 Å². The van der Waals surface area contributed by atoms with E-state index in [1.54, 1.807) is 26.0 Å². The highest BCUT2D eigenvalue weighted by Crippen LogP contribution is 2.13. The summed E-state index contributed by atoms with van der Waals surface area (Å²) in [6, 6.07) is 5.32. The number of hydrogen-bond acceptors (Lipinski definition) is 3. The average Bonchev–Trinajstić information content (AvgIpc) is 2.25. The Kier molecular flexibility index (Phi) is 7.31. The van der Waals surface area contributed by atoms with Gasteiger partial charge in [0.25, 0.3) is 0 Å². The number of nitrogens with one attached hydrogen (secondary N) is 1. The van der Waals surface area contributed by atoms with Crippen molar-refractivity contribution in [1.82, 2.24) is 5.32 Å². The van der Waals surface area contributed by atoms with Gasteiger partial charge in [-0.2, -0.15) is 0 Å². The van der Waals surface area contributed by atoms with Gasteiger partial charge in [0, 0.05) is 6.07 Å². The third kappa shape index (κ3) is 5.84. The first-order valence-corrected chi connectivity index (χ1v) is 5.44. The number of amides is 1. The summed E-state index contributed by atoms with van der Waals surface area (Å²) >= 11 is 0. The van der Waals surface area contributed by atoms with Gasteiger partial charge in [-0.25, -0.2) is 4.39 Å². The van der Waals surface area contributed by atoms with Gasteiger partial charge in [0.15, 0.2) is 0 Å². The minimum atomic E-state index is -0.545. The van der Waals surface area contributed by atoms with E-state index in [1.807, 2.05) is 0 Å². The lowest BCUT2D eigenvalue weighted by Gasteiger charge is -2.16. The molecule has 0 radical (unpaired) electrons. The van der Waals surface area contributed by atoms with Crippen molar-refractivity contribution in [2.45, 2.75) is 26.0 Å². The van der Waals surface area contributed by atoms with Crippen LogP contribution in [0.25, 0.3) is 0 Å². The fourth-order valence-corrected chi connectivity index (χ4v) is 1.22. The van der Waals surface area contributed by atoms with Crippen LogP contribution in [0.2, 0.25) is 0 Å². The Hall–Kier alpha value is -1.33. The maximum atomic E-state index is 12.9. The fourth-order valence-electron chi connectivity index (χ4n) is 1.22. The van der Waals surface area contributed by atoms with Crippen molar-refractivity contribution in [3.05, 3.63) is 30.1 Å².